The van der Waals surface area contributed by atoms with E-state index in [2.05, 4.69) is 24.1 Å². The highest BCUT2D eigenvalue weighted by molar-refractivity contribution is 5.53. The molecule has 1 rings (SSSR count). The summed E-state index contributed by atoms with van der Waals surface area (Å²) in [5, 5.41) is 11.7. The highest BCUT2D eigenvalue weighted by Gasteiger charge is 2.33. The predicted molar refractivity (Wildman–Crippen MR) is 77.1 cm³/mol. The van der Waals surface area contributed by atoms with Gasteiger partial charge in [-0.3, -0.25) is 0 Å². The summed E-state index contributed by atoms with van der Waals surface area (Å²) in [6, 6.07) is 5.28. The molecule has 0 aliphatic carbocycles. The maximum atomic E-state index is 12.8. The van der Waals surface area contributed by atoms with Crippen molar-refractivity contribution in [3.05, 3.63) is 29.3 Å². The van der Waals surface area contributed by atoms with Crippen LogP contribution in [0.2, 0.25) is 0 Å². The van der Waals surface area contributed by atoms with Crippen molar-refractivity contribution in [2.24, 2.45) is 0 Å². The van der Waals surface area contributed by atoms with Gasteiger partial charge in [-0.15, -0.1) is 0 Å². The zero-order chi connectivity index (χ0) is 15.9. The quantitative estimate of drug-likeness (QED) is 0.834. The van der Waals surface area contributed by atoms with Crippen LogP contribution in [0.5, 0.6) is 0 Å². The Labute approximate surface area is 123 Å². The molecule has 0 saturated carbocycles. The third kappa shape index (κ3) is 5.27. The zero-order valence-electron chi connectivity index (χ0n) is 12.3. The van der Waals surface area contributed by atoms with Gasteiger partial charge in [-0.1, -0.05) is 13.8 Å². The molecule has 1 aromatic rings. The maximum absolute atomic E-state index is 12.8. The Hall–Kier alpha value is -1.74. The first-order chi connectivity index (χ1) is 9.92. The summed E-state index contributed by atoms with van der Waals surface area (Å²) in [4.78, 5) is 2.22. The number of alkyl halides is 3. The zero-order valence-corrected chi connectivity index (χ0v) is 12.3. The van der Waals surface area contributed by atoms with Crippen LogP contribution in [0.4, 0.5) is 18.9 Å². The number of nitrogens with zero attached hydrogens (tertiary/aromatic N) is 2. The molecule has 0 aromatic heterocycles. The van der Waals surface area contributed by atoms with Crippen molar-refractivity contribution in [2.75, 3.05) is 31.5 Å². The van der Waals surface area contributed by atoms with Gasteiger partial charge >= 0.3 is 6.18 Å². The molecular weight excluding hydrogens is 279 g/mol. The predicted octanol–water partition coefficient (Wildman–Crippen LogP) is 3.72. The van der Waals surface area contributed by atoms with Crippen LogP contribution in [0.15, 0.2) is 18.2 Å². The molecule has 0 heterocycles. The Morgan fingerprint density at radius 3 is 2.48 bits per heavy atom. The molecule has 0 aliphatic heterocycles. The van der Waals surface area contributed by atoms with Crippen LogP contribution < -0.4 is 5.32 Å². The number of nitriles is 1. The average molecular weight is 299 g/mol. The van der Waals surface area contributed by atoms with Crippen molar-refractivity contribution in [3.63, 3.8) is 0 Å². The van der Waals surface area contributed by atoms with Gasteiger partial charge in [0.25, 0.3) is 0 Å². The molecule has 6 heteroatoms. The fourth-order valence-corrected chi connectivity index (χ4v) is 2.09. The van der Waals surface area contributed by atoms with Crippen LogP contribution in [0.3, 0.4) is 0 Å². The van der Waals surface area contributed by atoms with E-state index in [1.807, 2.05) is 0 Å². The van der Waals surface area contributed by atoms with Gasteiger partial charge in [-0.2, -0.15) is 18.4 Å². The van der Waals surface area contributed by atoms with Crippen LogP contribution in [-0.2, 0) is 6.18 Å². The molecule has 1 aromatic carbocycles. The van der Waals surface area contributed by atoms with Crippen molar-refractivity contribution in [1.82, 2.24) is 4.90 Å². The van der Waals surface area contributed by atoms with Gasteiger partial charge in [0, 0.05) is 18.8 Å². The standard InChI is InChI=1S/C15H20F3N3/c1-3-8-21(4-2)9-7-20-13-6-5-12(11-19)14(10-13)15(16,17)18/h5-6,10,20H,3-4,7-9H2,1-2H3. The van der Waals surface area contributed by atoms with Crippen LogP contribution >= 0.6 is 0 Å². The molecule has 0 radical (unpaired) electrons. The summed E-state index contributed by atoms with van der Waals surface area (Å²) in [5.74, 6) is 0. The highest BCUT2D eigenvalue weighted by Crippen LogP contribution is 2.33. The molecule has 0 spiro atoms. The Bertz CT molecular complexity index is 492. The Morgan fingerprint density at radius 2 is 1.95 bits per heavy atom. The number of anilines is 1. The van der Waals surface area contributed by atoms with E-state index in [0.717, 1.165) is 32.1 Å². The molecule has 0 fully saturated rings. The van der Waals surface area contributed by atoms with Crippen molar-refractivity contribution in [1.29, 1.82) is 5.26 Å². The van der Waals surface area contributed by atoms with E-state index in [-0.39, 0.29) is 5.56 Å². The van der Waals surface area contributed by atoms with Gasteiger partial charge in [0.05, 0.1) is 17.2 Å². The molecule has 0 atom stereocenters. The third-order valence-corrected chi connectivity index (χ3v) is 3.19. The van der Waals surface area contributed by atoms with E-state index in [4.69, 9.17) is 5.26 Å². The molecule has 1 N–H and O–H groups in total. The second-order valence-electron chi connectivity index (χ2n) is 4.73. The first kappa shape index (κ1) is 17.3. The molecule has 0 aliphatic rings. The second-order valence-corrected chi connectivity index (χ2v) is 4.73. The van der Waals surface area contributed by atoms with Gasteiger partial charge in [0.2, 0.25) is 0 Å². The van der Waals surface area contributed by atoms with E-state index in [0.29, 0.717) is 12.2 Å². The summed E-state index contributed by atoms with van der Waals surface area (Å²) >= 11 is 0. The van der Waals surface area contributed by atoms with Crippen molar-refractivity contribution < 1.29 is 13.2 Å². The number of hydrogen-bond donors (Lipinski definition) is 1. The van der Waals surface area contributed by atoms with E-state index in [9.17, 15) is 13.2 Å². The summed E-state index contributed by atoms with van der Waals surface area (Å²) in [6.07, 6.45) is -3.47. The Balaban J connectivity index is 2.71. The molecule has 0 bridgehead atoms. The number of hydrogen-bond acceptors (Lipinski definition) is 3. The molecule has 0 saturated heterocycles. The van der Waals surface area contributed by atoms with Crippen LogP contribution in [-0.4, -0.2) is 31.1 Å². The summed E-state index contributed by atoms with van der Waals surface area (Å²) < 4.78 is 38.5. The minimum atomic E-state index is -4.51. The van der Waals surface area contributed by atoms with E-state index < -0.39 is 11.7 Å². The SMILES string of the molecule is CCCN(CC)CCNc1ccc(C#N)c(C(F)(F)F)c1. The minimum absolute atomic E-state index is 0.353. The average Bonchev–Trinajstić information content (AvgIpc) is 2.45. The van der Waals surface area contributed by atoms with Gasteiger partial charge in [-0.05, 0) is 37.7 Å². The normalized spacial score (nSPS) is 11.5. The third-order valence-electron chi connectivity index (χ3n) is 3.19. The molecule has 21 heavy (non-hydrogen) atoms. The van der Waals surface area contributed by atoms with E-state index in [1.165, 1.54) is 12.1 Å². The molecule has 3 nitrogen and oxygen atoms in total. The van der Waals surface area contributed by atoms with E-state index >= 15 is 0 Å². The van der Waals surface area contributed by atoms with Crippen molar-refractivity contribution in [3.8, 4) is 6.07 Å². The summed E-state index contributed by atoms with van der Waals surface area (Å²) in [7, 11) is 0. The van der Waals surface area contributed by atoms with E-state index in [1.54, 1.807) is 6.07 Å². The van der Waals surface area contributed by atoms with Crippen molar-refractivity contribution >= 4 is 5.69 Å². The number of nitrogens with one attached hydrogen (secondary N) is 1. The number of benzene rings is 1. The first-order valence-electron chi connectivity index (χ1n) is 7.00. The lowest BCUT2D eigenvalue weighted by Crippen LogP contribution is -2.29. The van der Waals surface area contributed by atoms with Gasteiger partial charge < -0.3 is 10.2 Å². The number of rotatable bonds is 7. The Kier molecular flexibility index (Phi) is 6.50. The summed E-state index contributed by atoms with van der Waals surface area (Å²) in [6.45, 7) is 7.37. The van der Waals surface area contributed by atoms with Crippen LogP contribution in [0.25, 0.3) is 0 Å². The second kappa shape index (κ2) is 7.89. The molecule has 0 amide bonds. The van der Waals surface area contributed by atoms with Gasteiger partial charge in [0.15, 0.2) is 0 Å². The fourth-order valence-electron chi connectivity index (χ4n) is 2.09. The number of halogens is 3. The fraction of sp³-hybridized carbons (Fsp3) is 0.533. The molecular formula is C15H20F3N3. The van der Waals surface area contributed by atoms with Gasteiger partial charge in [0.1, 0.15) is 0 Å². The topological polar surface area (TPSA) is 39.1 Å². The maximum Gasteiger partial charge on any atom is 0.417 e. The van der Waals surface area contributed by atoms with Gasteiger partial charge in [-0.25, -0.2) is 0 Å². The highest BCUT2D eigenvalue weighted by atomic mass is 19.4. The van der Waals surface area contributed by atoms with Crippen LogP contribution in [0.1, 0.15) is 31.4 Å². The van der Waals surface area contributed by atoms with Crippen LogP contribution in [0, 0.1) is 11.3 Å². The lowest BCUT2D eigenvalue weighted by molar-refractivity contribution is -0.137. The monoisotopic (exact) mass is 299 g/mol. The minimum Gasteiger partial charge on any atom is -0.384 e. The lowest BCUT2D eigenvalue weighted by atomic mass is 10.1. The van der Waals surface area contributed by atoms with Crippen molar-refractivity contribution in [2.45, 2.75) is 26.4 Å². The largest absolute Gasteiger partial charge is 0.417 e. The first-order valence-corrected chi connectivity index (χ1v) is 7.00. The number of likely N-dealkylation sites (N-methyl/N-ethyl adjacent to an activating group) is 1. The lowest BCUT2D eigenvalue weighted by Gasteiger charge is -2.20. The molecule has 116 valence electrons. The molecule has 0 unspecified atom stereocenters. The smallest absolute Gasteiger partial charge is 0.384 e. The Morgan fingerprint density at radius 1 is 1.24 bits per heavy atom. The summed E-state index contributed by atoms with van der Waals surface area (Å²) in [5.41, 5.74) is -0.862.